The lowest BCUT2D eigenvalue weighted by Gasteiger charge is -2.19. The van der Waals surface area contributed by atoms with Gasteiger partial charge in [-0.2, -0.15) is 0 Å². The smallest absolute Gasteiger partial charge is 0.222 e. The average molecular weight is 501 g/mol. The molecule has 0 aliphatic rings. The Morgan fingerprint density at radius 3 is 2.35 bits per heavy atom. The molecule has 1 unspecified atom stereocenters. The first-order chi connectivity index (χ1) is 16.2. The van der Waals surface area contributed by atoms with Gasteiger partial charge >= 0.3 is 0 Å². The molecule has 0 bridgehead atoms. The minimum Gasteiger partial charge on any atom is -0.480 e. The Balaban J connectivity index is 0.00000199. The molecule has 0 saturated heterocycles. The van der Waals surface area contributed by atoms with Gasteiger partial charge in [-0.25, -0.2) is 9.97 Å². The normalized spacial score (nSPS) is 13.0. The number of hydrogen-bond donors (Lipinski definition) is 0. The van der Waals surface area contributed by atoms with E-state index < -0.39 is 0 Å². The molecule has 0 amide bonds. The quantitative estimate of drug-likeness (QED) is 0.304. The molecule has 3 heterocycles. The molecule has 3 aromatic rings. The molecule has 0 aliphatic carbocycles. The van der Waals surface area contributed by atoms with Crippen LogP contribution in [0.5, 0.6) is 5.88 Å². The van der Waals surface area contributed by atoms with Gasteiger partial charge < -0.3 is 9.30 Å². The maximum Gasteiger partial charge on any atom is 0.222 e. The SMILES string of the molecule is C=C/C=C(Cl)\C(=C\Cl)C(C)n1cc(C)c2nc(-c3ccc(C(C)C)nc3OC)c(C)cc21.CC. The standard InChI is InChI=1S/C26H29Cl2N3O.C2H6/c1-8-9-21(28)20(13-27)18(6)31-14-17(5)25-23(31)12-16(4)24(30-25)19-10-11-22(15(2)3)29-26(19)32-7;1-2/h8-15,18H,1H2,2-7H3;1-2H3/b20-13+,21-9+;. The lowest BCUT2D eigenvalue weighted by atomic mass is 10.0. The van der Waals surface area contributed by atoms with Gasteiger partial charge in [-0.3, -0.25) is 0 Å². The molecule has 3 aromatic heterocycles. The fourth-order valence-electron chi connectivity index (χ4n) is 3.82. The third-order valence-electron chi connectivity index (χ3n) is 5.62. The molecule has 0 N–H and O–H groups in total. The molecule has 0 saturated carbocycles. The van der Waals surface area contributed by atoms with Crippen LogP contribution in [0.4, 0.5) is 0 Å². The van der Waals surface area contributed by atoms with Crippen LogP contribution in [-0.4, -0.2) is 21.6 Å². The van der Waals surface area contributed by atoms with Gasteiger partial charge in [0.25, 0.3) is 0 Å². The number of rotatable bonds is 7. The molecule has 4 nitrogen and oxygen atoms in total. The monoisotopic (exact) mass is 499 g/mol. The molecule has 6 heteroatoms. The zero-order valence-electron chi connectivity index (χ0n) is 21.4. The highest BCUT2D eigenvalue weighted by atomic mass is 35.5. The van der Waals surface area contributed by atoms with E-state index in [9.17, 15) is 0 Å². The van der Waals surface area contributed by atoms with Crippen LogP contribution in [0.15, 0.2) is 59.3 Å². The van der Waals surface area contributed by atoms with Gasteiger partial charge in [-0.15, -0.1) is 0 Å². The van der Waals surface area contributed by atoms with Crippen molar-refractivity contribution in [1.82, 2.24) is 14.5 Å². The summed E-state index contributed by atoms with van der Waals surface area (Å²) in [4.78, 5) is 9.74. The summed E-state index contributed by atoms with van der Waals surface area (Å²) >= 11 is 12.6. The van der Waals surface area contributed by atoms with Crippen molar-refractivity contribution in [3.8, 4) is 17.1 Å². The fraction of sp³-hybridized carbons (Fsp3) is 0.357. The molecular weight excluding hydrogens is 465 g/mol. The van der Waals surface area contributed by atoms with Crippen LogP contribution in [0.1, 0.15) is 63.4 Å². The number of halogens is 2. The number of allylic oxidation sites excluding steroid dienone is 4. The second-order valence-corrected chi connectivity index (χ2v) is 8.80. The highest BCUT2D eigenvalue weighted by Crippen LogP contribution is 2.36. The average Bonchev–Trinajstić information content (AvgIpc) is 3.15. The number of methoxy groups -OCH3 is 1. The second-order valence-electron chi connectivity index (χ2n) is 8.18. The Bertz CT molecular complexity index is 1220. The number of nitrogens with zero attached hydrogens (tertiary/aromatic N) is 3. The predicted octanol–water partition coefficient (Wildman–Crippen LogP) is 8.87. The van der Waals surface area contributed by atoms with E-state index in [1.165, 1.54) is 5.54 Å². The molecule has 0 aromatic carbocycles. The van der Waals surface area contributed by atoms with Crippen LogP contribution in [0.25, 0.3) is 22.3 Å². The van der Waals surface area contributed by atoms with E-state index in [2.05, 4.69) is 58.0 Å². The number of aromatic nitrogens is 3. The van der Waals surface area contributed by atoms with E-state index in [0.717, 1.165) is 44.7 Å². The first kappa shape index (κ1) is 27.7. The first-order valence-electron chi connectivity index (χ1n) is 11.6. The van der Waals surface area contributed by atoms with Crippen molar-refractivity contribution in [1.29, 1.82) is 0 Å². The molecule has 1 atom stereocenters. The fourth-order valence-corrected chi connectivity index (χ4v) is 4.48. The molecule has 0 spiro atoms. The van der Waals surface area contributed by atoms with Crippen LogP contribution < -0.4 is 4.74 Å². The third kappa shape index (κ3) is 5.56. The second kappa shape index (κ2) is 12.2. The number of pyridine rings is 2. The largest absolute Gasteiger partial charge is 0.480 e. The van der Waals surface area contributed by atoms with E-state index in [-0.39, 0.29) is 6.04 Å². The number of fused-ring (bicyclic) bond motifs is 1. The number of ether oxygens (including phenoxy) is 1. The van der Waals surface area contributed by atoms with Gasteiger partial charge in [0.2, 0.25) is 5.88 Å². The van der Waals surface area contributed by atoms with Crippen molar-refractivity contribution in [2.45, 2.75) is 60.4 Å². The van der Waals surface area contributed by atoms with E-state index in [1.807, 2.05) is 26.0 Å². The Morgan fingerprint density at radius 1 is 1.12 bits per heavy atom. The van der Waals surface area contributed by atoms with Gasteiger partial charge in [0, 0.05) is 28.0 Å². The van der Waals surface area contributed by atoms with Gasteiger partial charge in [0.1, 0.15) is 0 Å². The van der Waals surface area contributed by atoms with Gasteiger partial charge in [-0.05, 0) is 62.1 Å². The Kier molecular flexibility index (Phi) is 9.96. The van der Waals surface area contributed by atoms with Crippen LogP contribution in [0.3, 0.4) is 0 Å². The Hall–Kier alpha value is -2.56. The summed E-state index contributed by atoms with van der Waals surface area (Å²) in [6, 6.07) is 6.15. The van der Waals surface area contributed by atoms with E-state index in [4.69, 9.17) is 37.9 Å². The first-order valence-corrected chi connectivity index (χ1v) is 12.4. The van der Waals surface area contributed by atoms with Crippen LogP contribution >= 0.6 is 23.2 Å². The summed E-state index contributed by atoms with van der Waals surface area (Å²) in [6.45, 7) is 18.1. The van der Waals surface area contributed by atoms with Crippen LogP contribution in [-0.2, 0) is 0 Å². The van der Waals surface area contributed by atoms with E-state index in [1.54, 1.807) is 19.3 Å². The van der Waals surface area contributed by atoms with E-state index >= 15 is 0 Å². The lowest BCUT2D eigenvalue weighted by Crippen LogP contribution is -2.07. The molecular formula is C28H35Cl2N3O. The summed E-state index contributed by atoms with van der Waals surface area (Å²) < 4.78 is 7.77. The van der Waals surface area contributed by atoms with Crippen molar-refractivity contribution in [2.75, 3.05) is 7.11 Å². The van der Waals surface area contributed by atoms with Crippen LogP contribution in [0.2, 0.25) is 0 Å². The summed E-state index contributed by atoms with van der Waals surface area (Å²) in [7, 11) is 1.65. The van der Waals surface area contributed by atoms with Crippen molar-refractivity contribution in [2.24, 2.45) is 0 Å². The molecule has 34 heavy (non-hydrogen) atoms. The maximum absolute atomic E-state index is 6.44. The summed E-state index contributed by atoms with van der Waals surface area (Å²) in [5.41, 5.74) is 9.11. The van der Waals surface area contributed by atoms with Crippen molar-refractivity contribution < 1.29 is 4.74 Å². The zero-order valence-corrected chi connectivity index (χ0v) is 22.9. The minimum absolute atomic E-state index is 0.0824. The zero-order chi connectivity index (χ0) is 25.6. The van der Waals surface area contributed by atoms with Gasteiger partial charge in [0.05, 0.1) is 35.4 Å². The molecule has 3 rings (SSSR count). The summed E-state index contributed by atoms with van der Waals surface area (Å²) in [5, 5.41) is 0.560. The van der Waals surface area contributed by atoms with Gasteiger partial charge in [-0.1, -0.05) is 63.6 Å². The minimum atomic E-state index is -0.0824. The highest BCUT2D eigenvalue weighted by Gasteiger charge is 2.21. The van der Waals surface area contributed by atoms with Crippen LogP contribution in [0, 0.1) is 13.8 Å². The molecule has 0 fully saturated rings. The maximum atomic E-state index is 6.44. The molecule has 0 aliphatic heterocycles. The lowest BCUT2D eigenvalue weighted by molar-refractivity contribution is 0.397. The number of hydrogen-bond acceptors (Lipinski definition) is 3. The third-order valence-corrected chi connectivity index (χ3v) is 6.20. The summed E-state index contributed by atoms with van der Waals surface area (Å²) in [6.07, 6.45) is 5.48. The van der Waals surface area contributed by atoms with Crippen molar-refractivity contribution in [3.63, 3.8) is 0 Å². The Labute approximate surface area is 214 Å². The van der Waals surface area contributed by atoms with Crippen molar-refractivity contribution in [3.05, 3.63) is 76.1 Å². The Morgan fingerprint density at radius 2 is 1.79 bits per heavy atom. The van der Waals surface area contributed by atoms with E-state index in [0.29, 0.717) is 16.8 Å². The topological polar surface area (TPSA) is 39.9 Å². The summed E-state index contributed by atoms with van der Waals surface area (Å²) in [5.74, 6) is 0.906. The number of aryl methyl sites for hydroxylation is 2. The van der Waals surface area contributed by atoms with Gasteiger partial charge in [0.15, 0.2) is 0 Å². The van der Waals surface area contributed by atoms with Crippen molar-refractivity contribution >= 4 is 34.2 Å². The highest BCUT2D eigenvalue weighted by molar-refractivity contribution is 6.34. The molecule has 182 valence electrons. The molecule has 0 radical (unpaired) electrons. The predicted molar refractivity (Wildman–Crippen MR) is 147 cm³/mol.